The van der Waals surface area contributed by atoms with Crippen molar-refractivity contribution < 1.29 is 26.4 Å². The summed E-state index contributed by atoms with van der Waals surface area (Å²) in [6.45, 7) is 2.72. The normalized spacial score (nSPS) is 15.2. The van der Waals surface area contributed by atoms with E-state index >= 15 is 0 Å². The smallest absolute Gasteiger partial charge is 0.357 e. The van der Waals surface area contributed by atoms with E-state index < -0.39 is 27.8 Å². The van der Waals surface area contributed by atoms with Crippen molar-refractivity contribution in [1.82, 2.24) is 24.2 Å². The summed E-state index contributed by atoms with van der Waals surface area (Å²) in [6, 6.07) is 2.79. The molecule has 3 heterocycles. The van der Waals surface area contributed by atoms with E-state index in [-0.39, 0.29) is 36.0 Å². The molecule has 4 rings (SSSR count). The predicted molar refractivity (Wildman–Crippen MR) is 148 cm³/mol. The van der Waals surface area contributed by atoms with Crippen LogP contribution in [0.15, 0.2) is 24.4 Å². The maximum Gasteiger partial charge on any atom is 0.416 e. The number of hydrogen-bond donors (Lipinski definition) is 3. The quantitative estimate of drug-likeness (QED) is 0.356. The van der Waals surface area contributed by atoms with Crippen molar-refractivity contribution in [2.75, 3.05) is 55.4 Å². The van der Waals surface area contributed by atoms with E-state index in [0.29, 0.717) is 40.3 Å². The molecule has 0 radical (unpaired) electrons. The molecule has 11 nitrogen and oxygen atoms in total. The van der Waals surface area contributed by atoms with E-state index in [4.69, 9.17) is 11.6 Å². The number of benzene rings is 1. The third kappa shape index (κ3) is 7.17. The number of amides is 2. The van der Waals surface area contributed by atoms with E-state index in [1.165, 1.54) is 22.6 Å². The van der Waals surface area contributed by atoms with E-state index in [0.717, 1.165) is 23.7 Å². The number of sulfonamides is 1. The van der Waals surface area contributed by atoms with Crippen molar-refractivity contribution in [1.29, 1.82) is 0 Å². The highest BCUT2D eigenvalue weighted by Gasteiger charge is 2.34. The molecule has 216 valence electrons. The molecule has 1 aromatic carbocycles. The first-order valence-corrected chi connectivity index (χ1v) is 14.9. The summed E-state index contributed by atoms with van der Waals surface area (Å²) in [5.41, 5.74) is 0.0502. The Kier molecular flexibility index (Phi) is 8.84. The molecule has 2 amide bonds. The summed E-state index contributed by atoms with van der Waals surface area (Å²) in [4.78, 5) is 27.6. The second-order valence-electron chi connectivity index (χ2n) is 8.96. The summed E-state index contributed by atoms with van der Waals surface area (Å²) in [6.07, 6.45) is -2.12. The summed E-state index contributed by atoms with van der Waals surface area (Å²) in [7, 11) is -1.70. The number of carbonyl (C=O) groups excluding carboxylic acids is 1. The number of nitrogens with one attached hydrogen (secondary N) is 3. The number of alkyl halides is 3. The molecule has 0 bridgehead atoms. The van der Waals surface area contributed by atoms with Crippen LogP contribution in [0, 0.1) is 6.92 Å². The van der Waals surface area contributed by atoms with Gasteiger partial charge in [0.25, 0.3) is 0 Å². The minimum atomic E-state index is -4.66. The number of carbonyl (C=O) groups is 1. The van der Waals surface area contributed by atoms with Gasteiger partial charge < -0.3 is 10.6 Å². The Morgan fingerprint density at radius 3 is 2.48 bits per heavy atom. The van der Waals surface area contributed by atoms with Gasteiger partial charge in [-0.25, -0.2) is 28.2 Å². The molecule has 1 aliphatic heterocycles. The number of halogens is 4. The van der Waals surface area contributed by atoms with E-state index in [2.05, 4.69) is 30.9 Å². The largest absolute Gasteiger partial charge is 0.416 e. The van der Waals surface area contributed by atoms with Crippen molar-refractivity contribution in [3.05, 3.63) is 46.2 Å². The van der Waals surface area contributed by atoms with Gasteiger partial charge in [-0.15, -0.1) is 0 Å². The van der Waals surface area contributed by atoms with Gasteiger partial charge in [0.2, 0.25) is 16.0 Å². The predicted octanol–water partition coefficient (Wildman–Crippen LogP) is 4.34. The number of nitrogens with zero attached hydrogens (tertiary/aromatic N) is 5. The van der Waals surface area contributed by atoms with Crippen LogP contribution in [0.25, 0.3) is 10.6 Å². The Morgan fingerprint density at radius 2 is 1.85 bits per heavy atom. The first-order chi connectivity index (χ1) is 18.7. The number of anilines is 3. The molecule has 3 aromatic rings. The Balaban J connectivity index is 1.46. The number of thiazole rings is 1. The summed E-state index contributed by atoms with van der Waals surface area (Å²) >= 11 is 7.34. The lowest BCUT2D eigenvalue weighted by Gasteiger charge is -2.33. The molecular weight excluding hydrogens is 593 g/mol. The number of aryl methyl sites for hydroxylation is 1. The summed E-state index contributed by atoms with van der Waals surface area (Å²) < 4.78 is 66.4. The van der Waals surface area contributed by atoms with E-state index in [9.17, 15) is 26.4 Å². The van der Waals surface area contributed by atoms with Gasteiger partial charge in [-0.1, -0.05) is 29.0 Å². The van der Waals surface area contributed by atoms with Crippen LogP contribution in [0.3, 0.4) is 0 Å². The average molecular weight is 619 g/mol. The molecule has 2 aromatic heterocycles. The van der Waals surface area contributed by atoms with Crippen LogP contribution in [-0.4, -0.2) is 78.1 Å². The first-order valence-electron chi connectivity index (χ1n) is 11.9. The highest BCUT2D eigenvalue weighted by molar-refractivity contribution is 7.88. The lowest BCUT2D eigenvalue weighted by Crippen LogP contribution is -2.47. The van der Waals surface area contributed by atoms with Crippen LogP contribution < -0.4 is 16.0 Å². The Morgan fingerprint density at radius 1 is 1.15 bits per heavy atom. The van der Waals surface area contributed by atoms with Gasteiger partial charge in [-0.3, -0.25) is 10.2 Å². The third-order valence-corrected chi connectivity index (χ3v) is 8.73. The van der Waals surface area contributed by atoms with Gasteiger partial charge in [-0.05, 0) is 24.6 Å². The number of piperazine rings is 1. The van der Waals surface area contributed by atoms with E-state index in [1.807, 2.05) is 0 Å². The van der Waals surface area contributed by atoms with Crippen molar-refractivity contribution in [2.45, 2.75) is 19.6 Å². The standard InChI is InChI=1S/C23H26ClF3N8O3S2/c1-13-19(18-17(24)11-29-20(28-2)32-18)39-22(30-13)33-21(36)31-15-5-4-14(16(10-15)23(25,26)27)12-34-6-8-35(9-7-34)40(3,37)38/h4-5,10-11H,6-9,12H2,1-3H3,(H,28,29,32)(H2,30,31,33,36). The maximum atomic E-state index is 13.9. The Hall–Kier alpha value is -3.05. The second kappa shape index (κ2) is 11.8. The van der Waals surface area contributed by atoms with Crippen molar-refractivity contribution in [3.63, 3.8) is 0 Å². The zero-order valence-electron chi connectivity index (χ0n) is 21.6. The average Bonchev–Trinajstić information content (AvgIpc) is 3.23. The highest BCUT2D eigenvalue weighted by Crippen LogP contribution is 2.37. The lowest BCUT2D eigenvalue weighted by atomic mass is 10.0. The van der Waals surface area contributed by atoms with Gasteiger partial charge in [0.05, 0.1) is 33.6 Å². The second-order valence-corrected chi connectivity index (χ2v) is 12.3. The van der Waals surface area contributed by atoms with Crippen molar-refractivity contribution in [3.8, 4) is 10.6 Å². The monoisotopic (exact) mass is 618 g/mol. The third-order valence-electron chi connectivity index (χ3n) is 6.07. The fraction of sp³-hybridized carbons (Fsp3) is 0.391. The zero-order chi connectivity index (χ0) is 29.2. The van der Waals surface area contributed by atoms with E-state index in [1.54, 1.807) is 18.9 Å². The molecule has 0 atom stereocenters. The molecule has 1 saturated heterocycles. The highest BCUT2D eigenvalue weighted by atomic mass is 35.5. The number of hydrogen-bond acceptors (Lipinski definition) is 9. The molecule has 0 saturated carbocycles. The first kappa shape index (κ1) is 29.9. The zero-order valence-corrected chi connectivity index (χ0v) is 24.0. The van der Waals surface area contributed by atoms with Crippen LogP contribution in [0.2, 0.25) is 5.02 Å². The van der Waals surface area contributed by atoms with Gasteiger partial charge >= 0.3 is 12.2 Å². The summed E-state index contributed by atoms with van der Waals surface area (Å²) in [5.74, 6) is 0.347. The van der Waals surface area contributed by atoms with Crippen LogP contribution in [0.4, 0.5) is 34.7 Å². The van der Waals surface area contributed by atoms with Crippen LogP contribution in [-0.2, 0) is 22.7 Å². The fourth-order valence-corrected chi connectivity index (χ4v) is 6.13. The molecule has 0 unspecified atom stereocenters. The van der Waals surface area contributed by atoms with Gasteiger partial charge in [0.1, 0.15) is 5.69 Å². The molecule has 17 heteroatoms. The Labute approximate surface area is 237 Å². The molecule has 0 aliphatic carbocycles. The summed E-state index contributed by atoms with van der Waals surface area (Å²) in [5, 5.41) is 8.27. The topological polar surface area (TPSA) is 132 Å². The van der Waals surface area contributed by atoms with Gasteiger partial charge in [0.15, 0.2) is 5.13 Å². The maximum absolute atomic E-state index is 13.9. The lowest BCUT2D eigenvalue weighted by molar-refractivity contribution is -0.138. The Bertz CT molecular complexity index is 1510. The SMILES string of the molecule is CNc1ncc(Cl)c(-c2sc(NC(=O)Nc3ccc(CN4CCN(S(C)(=O)=O)CC4)c(C(F)(F)F)c3)nc2C)n1. The molecular formula is C23H26ClF3N8O3S2. The van der Waals surface area contributed by atoms with Gasteiger partial charge in [0, 0.05) is 45.5 Å². The minimum Gasteiger partial charge on any atom is -0.357 e. The van der Waals surface area contributed by atoms with Crippen molar-refractivity contribution in [2.24, 2.45) is 0 Å². The fourth-order valence-electron chi connectivity index (χ4n) is 4.09. The molecule has 1 fully saturated rings. The van der Waals surface area contributed by atoms with Crippen LogP contribution in [0.1, 0.15) is 16.8 Å². The number of urea groups is 1. The molecule has 3 N–H and O–H groups in total. The van der Waals surface area contributed by atoms with Gasteiger partial charge in [-0.2, -0.15) is 17.5 Å². The molecule has 0 spiro atoms. The number of aromatic nitrogens is 3. The minimum absolute atomic E-state index is 0.0129. The van der Waals surface area contributed by atoms with Crippen LogP contribution in [0.5, 0.6) is 0 Å². The van der Waals surface area contributed by atoms with Crippen LogP contribution >= 0.6 is 22.9 Å². The molecule has 1 aliphatic rings. The van der Waals surface area contributed by atoms with Crippen molar-refractivity contribution >= 4 is 55.8 Å². The number of rotatable bonds is 7. The molecule has 40 heavy (non-hydrogen) atoms.